The standard InChI is InChI=1S/C8H8BN2O2.H2/c1-9-7-2-5-6(3-10-7)13-4-8(12)11-5;/h2-3H,4H2,1H3,(H,11,12);1H. The van der Waals surface area contributed by atoms with Crippen LogP contribution in [0.25, 0.3) is 0 Å². The first-order chi connectivity index (χ1) is 6.29. The van der Waals surface area contributed by atoms with Crippen molar-refractivity contribution in [3.63, 3.8) is 0 Å². The Hall–Kier alpha value is -1.52. The highest BCUT2D eigenvalue weighted by Gasteiger charge is 2.15. The van der Waals surface area contributed by atoms with Crippen molar-refractivity contribution in [1.29, 1.82) is 0 Å². The number of carbonyl (C=O) groups is 1. The van der Waals surface area contributed by atoms with Crippen LogP contribution in [0.3, 0.4) is 0 Å². The van der Waals surface area contributed by atoms with Gasteiger partial charge in [-0.25, -0.2) is 0 Å². The highest BCUT2D eigenvalue weighted by Crippen LogP contribution is 2.24. The van der Waals surface area contributed by atoms with Gasteiger partial charge in [-0.05, 0) is 11.7 Å². The lowest BCUT2D eigenvalue weighted by molar-refractivity contribution is -0.118. The van der Waals surface area contributed by atoms with Crippen LogP contribution in [0.15, 0.2) is 12.3 Å². The van der Waals surface area contributed by atoms with Gasteiger partial charge in [0.1, 0.15) is 0 Å². The first kappa shape index (κ1) is 8.10. The number of fused-ring (bicyclic) bond motifs is 1. The second-order valence-corrected chi connectivity index (χ2v) is 2.73. The van der Waals surface area contributed by atoms with E-state index in [9.17, 15) is 4.79 Å². The van der Waals surface area contributed by atoms with Crippen LogP contribution < -0.4 is 15.6 Å². The molecule has 4 nitrogen and oxygen atoms in total. The summed E-state index contributed by atoms with van der Waals surface area (Å²) in [5, 5.41) is 2.71. The van der Waals surface area contributed by atoms with Crippen molar-refractivity contribution in [2.24, 2.45) is 0 Å². The number of carbonyl (C=O) groups excluding carboxylic acids is 1. The lowest BCUT2D eigenvalue weighted by Gasteiger charge is -2.17. The Kier molecular flexibility index (Phi) is 1.92. The topological polar surface area (TPSA) is 51.2 Å². The molecule has 0 unspecified atom stereocenters. The van der Waals surface area contributed by atoms with Crippen LogP contribution in [0, 0.1) is 0 Å². The zero-order valence-electron chi connectivity index (χ0n) is 7.20. The Morgan fingerprint density at radius 2 is 2.62 bits per heavy atom. The van der Waals surface area contributed by atoms with Gasteiger partial charge in [0.2, 0.25) is 0 Å². The highest BCUT2D eigenvalue weighted by atomic mass is 16.5. The van der Waals surface area contributed by atoms with Gasteiger partial charge in [-0.3, -0.25) is 9.78 Å². The van der Waals surface area contributed by atoms with Crippen LogP contribution in [0.4, 0.5) is 5.69 Å². The molecule has 1 aliphatic heterocycles. The smallest absolute Gasteiger partial charge is 0.262 e. The number of rotatable bonds is 1. The van der Waals surface area contributed by atoms with Crippen LogP contribution >= 0.6 is 0 Å². The summed E-state index contributed by atoms with van der Waals surface area (Å²) < 4.78 is 5.15. The molecule has 0 aromatic carbocycles. The molecule has 13 heavy (non-hydrogen) atoms. The van der Waals surface area contributed by atoms with Crippen LogP contribution in [0.2, 0.25) is 6.82 Å². The third-order valence-corrected chi connectivity index (χ3v) is 1.82. The van der Waals surface area contributed by atoms with Crippen molar-refractivity contribution < 1.29 is 11.0 Å². The van der Waals surface area contributed by atoms with Gasteiger partial charge < -0.3 is 10.1 Å². The molecule has 0 fully saturated rings. The molecule has 1 radical (unpaired) electrons. The van der Waals surface area contributed by atoms with Crippen LogP contribution in [-0.4, -0.2) is 24.8 Å². The zero-order valence-corrected chi connectivity index (χ0v) is 7.20. The summed E-state index contributed by atoms with van der Waals surface area (Å²) in [4.78, 5) is 15.1. The normalized spacial score (nSPS) is 14.1. The maximum absolute atomic E-state index is 11.0. The van der Waals surface area contributed by atoms with E-state index < -0.39 is 0 Å². The van der Waals surface area contributed by atoms with E-state index in [1.807, 2.05) is 14.1 Å². The quantitative estimate of drug-likeness (QED) is 0.616. The first-order valence-corrected chi connectivity index (χ1v) is 4.01. The maximum atomic E-state index is 11.0. The van der Waals surface area contributed by atoms with Crippen molar-refractivity contribution in [3.05, 3.63) is 12.3 Å². The Bertz CT molecular complexity index is 359. The lowest BCUT2D eigenvalue weighted by Crippen LogP contribution is -2.27. The molecule has 0 spiro atoms. The number of nitrogens with one attached hydrogen (secondary N) is 1. The van der Waals surface area contributed by atoms with E-state index in [-0.39, 0.29) is 13.9 Å². The van der Waals surface area contributed by atoms with E-state index in [0.29, 0.717) is 11.4 Å². The van der Waals surface area contributed by atoms with Gasteiger partial charge in [-0.15, -0.1) is 0 Å². The maximum Gasteiger partial charge on any atom is 0.262 e. The van der Waals surface area contributed by atoms with E-state index in [0.717, 1.165) is 5.59 Å². The third-order valence-electron chi connectivity index (χ3n) is 1.82. The van der Waals surface area contributed by atoms with Crippen LogP contribution in [0.1, 0.15) is 1.43 Å². The molecule has 1 N–H and O–H groups in total. The second kappa shape index (κ2) is 3.09. The fourth-order valence-electron chi connectivity index (χ4n) is 1.16. The Morgan fingerprint density at radius 1 is 1.77 bits per heavy atom. The summed E-state index contributed by atoms with van der Waals surface area (Å²) in [6.07, 6.45) is 1.62. The van der Waals surface area contributed by atoms with Gasteiger partial charge in [0.05, 0.1) is 11.9 Å². The van der Waals surface area contributed by atoms with Crippen molar-refractivity contribution in [1.82, 2.24) is 4.98 Å². The van der Waals surface area contributed by atoms with Gasteiger partial charge in [0, 0.05) is 1.43 Å². The Balaban J connectivity index is 0.000000980. The molecule has 1 aromatic heterocycles. The average molecular weight is 177 g/mol. The predicted octanol–water partition coefficient (Wildman–Crippen LogP) is 0.0361. The van der Waals surface area contributed by atoms with E-state index in [1.54, 1.807) is 12.3 Å². The van der Waals surface area contributed by atoms with E-state index in [2.05, 4.69) is 10.3 Å². The summed E-state index contributed by atoms with van der Waals surface area (Å²) in [6, 6.07) is 1.78. The minimum absolute atomic E-state index is 0. The summed E-state index contributed by atoms with van der Waals surface area (Å²) in [5.74, 6) is 0.506. The highest BCUT2D eigenvalue weighted by molar-refractivity contribution is 6.50. The molecule has 0 aliphatic carbocycles. The predicted molar refractivity (Wildman–Crippen MR) is 51.7 cm³/mol. The molecule has 2 rings (SSSR count). The van der Waals surface area contributed by atoms with E-state index in [4.69, 9.17) is 4.74 Å². The second-order valence-electron chi connectivity index (χ2n) is 2.73. The molecule has 67 valence electrons. The number of ether oxygens (including phenoxy) is 1. The molecule has 0 bridgehead atoms. The number of pyridine rings is 1. The minimum atomic E-state index is -0.124. The van der Waals surface area contributed by atoms with Gasteiger partial charge in [-0.1, -0.05) is 6.82 Å². The van der Waals surface area contributed by atoms with E-state index in [1.165, 1.54) is 0 Å². The van der Waals surface area contributed by atoms with Crippen LogP contribution in [-0.2, 0) is 4.79 Å². The summed E-state index contributed by atoms with van der Waals surface area (Å²) in [7, 11) is 1.86. The first-order valence-electron chi connectivity index (χ1n) is 4.01. The number of nitrogens with zero attached hydrogens (tertiary/aromatic N) is 1. The van der Waals surface area contributed by atoms with Gasteiger partial charge >= 0.3 is 0 Å². The Labute approximate surface area is 78.0 Å². The Morgan fingerprint density at radius 3 is 3.38 bits per heavy atom. The largest absolute Gasteiger partial charge is 0.480 e. The summed E-state index contributed by atoms with van der Waals surface area (Å²) >= 11 is 0. The lowest BCUT2D eigenvalue weighted by atomic mass is 9.77. The molecular formula is C8H10BN2O2. The molecule has 5 heteroatoms. The molecule has 1 amide bonds. The van der Waals surface area contributed by atoms with Gasteiger partial charge in [0.15, 0.2) is 19.6 Å². The molecule has 2 heterocycles. The molecule has 0 atom stereocenters. The molecule has 1 aliphatic rings. The SMILES string of the molecule is C[B]c1cc2c(cn1)OCC(=O)N2.[HH]. The van der Waals surface area contributed by atoms with Gasteiger partial charge in [-0.2, -0.15) is 0 Å². The van der Waals surface area contributed by atoms with Crippen LogP contribution in [0.5, 0.6) is 5.75 Å². The number of aromatic nitrogens is 1. The third kappa shape index (κ3) is 1.49. The molecule has 0 saturated carbocycles. The number of anilines is 1. The molecule has 0 saturated heterocycles. The average Bonchev–Trinajstić information content (AvgIpc) is 2.16. The van der Waals surface area contributed by atoms with Crippen molar-refractivity contribution in [2.75, 3.05) is 11.9 Å². The van der Waals surface area contributed by atoms with Crippen molar-refractivity contribution in [2.45, 2.75) is 6.82 Å². The van der Waals surface area contributed by atoms with Crippen molar-refractivity contribution in [3.8, 4) is 5.75 Å². The van der Waals surface area contributed by atoms with E-state index >= 15 is 0 Å². The van der Waals surface area contributed by atoms with Gasteiger partial charge in [0.25, 0.3) is 5.91 Å². The zero-order chi connectivity index (χ0) is 9.26. The summed E-state index contributed by atoms with van der Waals surface area (Å²) in [6.45, 7) is 1.96. The molecule has 1 aromatic rings. The van der Waals surface area contributed by atoms with Crippen molar-refractivity contribution >= 4 is 24.5 Å². The fourth-order valence-corrected chi connectivity index (χ4v) is 1.16. The summed E-state index contributed by atoms with van der Waals surface area (Å²) in [5.41, 5.74) is 1.52. The number of amides is 1. The minimum Gasteiger partial charge on any atom is -0.480 e. The number of hydrogen-bond donors (Lipinski definition) is 1. The number of hydrogen-bond acceptors (Lipinski definition) is 3. The monoisotopic (exact) mass is 177 g/mol. The fraction of sp³-hybridized carbons (Fsp3) is 0.250. The molecular weight excluding hydrogens is 167 g/mol.